The van der Waals surface area contributed by atoms with Crippen molar-refractivity contribution in [2.45, 2.75) is 39.5 Å². The molecule has 0 spiro atoms. The van der Waals surface area contributed by atoms with E-state index in [1.165, 1.54) is 16.2 Å². The molecule has 152 valence electrons. The fourth-order valence-electron chi connectivity index (χ4n) is 3.04. The number of carbonyl (C=O) groups is 2. The Balaban J connectivity index is 1.88. The van der Waals surface area contributed by atoms with Crippen molar-refractivity contribution in [3.05, 3.63) is 74.3 Å². The zero-order chi connectivity index (χ0) is 20.8. The zero-order valence-corrected chi connectivity index (χ0v) is 18.5. The number of anilines is 1. The van der Waals surface area contributed by atoms with Crippen molar-refractivity contribution in [1.29, 1.82) is 0 Å². The number of hydrogen-bond acceptors (Lipinski definition) is 5. The molecule has 0 saturated carbocycles. The number of nitrogens with one attached hydrogen (secondary N) is 1. The fourth-order valence-corrected chi connectivity index (χ4v) is 5.13. The average Bonchev–Trinajstić information content (AvgIpc) is 3.36. The molecule has 2 heterocycles. The Morgan fingerprint density at radius 2 is 1.90 bits per heavy atom. The van der Waals surface area contributed by atoms with E-state index in [1.807, 2.05) is 35.7 Å². The minimum absolute atomic E-state index is 0.109. The van der Waals surface area contributed by atoms with Crippen LogP contribution in [0.5, 0.6) is 0 Å². The number of carbonyl (C=O) groups excluding carboxylic acids is 2. The van der Waals surface area contributed by atoms with Gasteiger partial charge in [0.15, 0.2) is 0 Å². The summed E-state index contributed by atoms with van der Waals surface area (Å²) in [6.45, 7) is 6.27. The highest BCUT2D eigenvalue weighted by molar-refractivity contribution is 7.16. The Kier molecular flexibility index (Phi) is 7.23. The zero-order valence-electron chi connectivity index (χ0n) is 16.9. The summed E-state index contributed by atoms with van der Waals surface area (Å²) in [6.07, 6.45) is 2.00. The van der Waals surface area contributed by atoms with Crippen LogP contribution in [0.3, 0.4) is 0 Å². The lowest BCUT2D eigenvalue weighted by atomic mass is 9.99. The van der Waals surface area contributed by atoms with Gasteiger partial charge in [-0.1, -0.05) is 50.6 Å². The summed E-state index contributed by atoms with van der Waals surface area (Å²) in [7, 11) is 0. The lowest BCUT2D eigenvalue weighted by Gasteiger charge is -2.09. The van der Waals surface area contributed by atoms with Crippen molar-refractivity contribution < 1.29 is 14.3 Å². The van der Waals surface area contributed by atoms with Gasteiger partial charge in [0, 0.05) is 21.1 Å². The van der Waals surface area contributed by atoms with Crippen molar-refractivity contribution in [2.75, 3.05) is 11.9 Å². The molecule has 0 aliphatic heterocycles. The van der Waals surface area contributed by atoms with Gasteiger partial charge in [-0.2, -0.15) is 0 Å². The number of hydrogen-bond donors (Lipinski definition) is 1. The molecule has 0 radical (unpaired) electrons. The lowest BCUT2D eigenvalue weighted by Crippen LogP contribution is -2.13. The van der Waals surface area contributed by atoms with Crippen molar-refractivity contribution in [1.82, 2.24) is 0 Å². The first kappa shape index (κ1) is 21.3. The van der Waals surface area contributed by atoms with Gasteiger partial charge in [0.2, 0.25) is 0 Å². The van der Waals surface area contributed by atoms with E-state index in [1.54, 1.807) is 18.3 Å². The summed E-state index contributed by atoms with van der Waals surface area (Å²) in [4.78, 5) is 27.4. The molecule has 2 aromatic heterocycles. The molecule has 6 heteroatoms. The molecule has 0 fully saturated rings. The van der Waals surface area contributed by atoms with Gasteiger partial charge in [-0.3, -0.25) is 4.79 Å². The predicted octanol–water partition coefficient (Wildman–Crippen LogP) is 6.34. The van der Waals surface area contributed by atoms with Gasteiger partial charge in [-0.25, -0.2) is 4.79 Å². The molecule has 0 saturated heterocycles. The molecule has 4 nitrogen and oxygen atoms in total. The third-order valence-corrected chi connectivity index (χ3v) is 6.84. The van der Waals surface area contributed by atoms with Crippen molar-refractivity contribution in [2.24, 2.45) is 0 Å². The van der Waals surface area contributed by atoms with Gasteiger partial charge < -0.3 is 10.1 Å². The van der Waals surface area contributed by atoms with E-state index >= 15 is 0 Å². The normalized spacial score (nSPS) is 11.8. The quantitative estimate of drug-likeness (QED) is 0.427. The van der Waals surface area contributed by atoms with E-state index in [2.05, 4.69) is 31.3 Å². The van der Waals surface area contributed by atoms with Crippen LogP contribution in [0.15, 0.2) is 47.8 Å². The van der Waals surface area contributed by atoms with Gasteiger partial charge in [0.05, 0.1) is 17.7 Å². The molecule has 1 N–H and O–H groups in total. The number of esters is 1. The second-order valence-corrected chi connectivity index (χ2v) is 8.83. The number of aryl methyl sites for hydroxylation is 1. The SMILES string of the molecule is CCCc1cc(C(=O)Nc2sc([C@H](C)c3ccccc3)cc2C(=O)OCC)cs1. The van der Waals surface area contributed by atoms with Gasteiger partial charge in [0.1, 0.15) is 5.00 Å². The van der Waals surface area contributed by atoms with Crippen LogP contribution >= 0.6 is 22.7 Å². The monoisotopic (exact) mass is 427 g/mol. The van der Waals surface area contributed by atoms with E-state index in [0.29, 0.717) is 16.1 Å². The third kappa shape index (κ3) is 5.14. The second kappa shape index (κ2) is 9.85. The van der Waals surface area contributed by atoms with Crippen LogP contribution in [0.2, 0.25) is 0 Å². The molecular weight excluding hydrogens is 402 g/mol. The average molecular weight is 428 g/mol. The van der Waals surface area contributed by atoms with Gasteiger partial charge >= 0.3 is 5.97 Å². The van der Waals surface area contributed by atoms with Gasteiger partial charge in [-0.05, 0) is 31.0 Å². The number of amides is 1. The Labute approximate surface area is 179 Å². The van der Waals surface area contributed by atoms with Crippen LogP contribution in [0, 0.1) is 0 Å². The molecule has 0 aliphatic carbocycles. The molecule has 0 aliphatic rings. The van der Waals surface area contributed by atoms with E-state index in [-0.39, 0.29) is 18.4 Å². The first-order valence-corrected chi connectivity index (χ1v) is 11.5. The molecular formula is C23H25NO3S2. The predicted molar refractivity (Wildman–Crippen MR) is 121 cm³/mol. The fraction of sp³-hybridized carbons (Fsp3) is 0.304. The topological polar surface area (TPSA) is 55.4 Å². The van der Waals surface area contributed by atoms with Gasteiger partial charge in [-0.15, -0.1) is 22.7 Å². The van der Waals surface area contributed by atoms with Crippen LogP contribution in [0.1, 0.15) is 69.1 Å². The summed E-state index contributed by atoms with van der Waals surface area (Å²) in [5.74, 6) is -0.505. The maximum absolute atomic E-state index is 12.8. The summed E-state index contributed by atoms with van der Waals surface area (Å²) < 4.78 is 5.21. The van der Waals surface area contributed by atoms with E-state index in [0.717, 1.165) is 23.3 Å². The van der Waals surface area contributed by atoms with Crippen LogP contribution in [-0.2, 0) is 11.2 Å². The maximum Gasteiger partial charge on any atom is 0.341 e. The molecule has 29 heavy (non-hydrogen) atoms. The summed E-state index contributed by atoms with van der Waals surface area (Å²) >= 11 is 3.02. The first-order chi connectivity index (χ1) is 14.0. The van der Waals surface area contributed by atoms with E-state index in [4.69, 9.17) is 4.74 Å². The molecule has 1 atom stereocenters. The maximum atomic E-state index is 12.8. The third-order valence-electron chi connectivity index (χ3n) is 4.61. The Morgan fingerprint density at radius 1 is 1.14 bits per heavy atom. The number of ether oxygens (including phenoxy) is 1. The van der Waals surface area contributed by atoms with E-state index in [9.17, 15) is 9.59 Å². The first-order valence-electron chi connectivity index (χ1n) is 9.78. The summed E-state index contributed by atoms with van der Waals surface area (Å²) in [6, 6.07) is 13.9. The van der Waals surface area contributed by atoms with Crippen LogP contribution < -0.4 is 5.32 Å². The highest BCUT2D eigenvalue weighted by Gasteiger charge is 2.22. The van der Waals surface area contributed by atoms with Crippen molar-refractivity contribution in [3.8, 4) is 0 Å². The van der Waals surface area contributed by atoms with Crippen LogP contribution in [-0.4, -0.2) is 18.5 Å². The van der Waals surface area contributed by atoms with Crippen molar-refractivity contribution in [3.63, 3.8) is 0 Å². The largest absolute Gasteiger partial charge is 0.462 e. The second-order valence-electron chi connectivity index (χ2n) is 6.75. The highest BCUT2D eigenvalue weighted by atomic mass is 32.1. The van der Waals surface area contributed by atoms with Crippen molar-refractivity contribution >= 4 is 39.6 Å². The Hall–Kier alpha value is -2.44. The van der Waals surface area contributed by atoms with Crippen LogP contribution in [0.4, 0.5) is 5.00 Å². The summed E-state index contributed by atoms with van der Waals surface area (Å²) in [5.41, 5.74) is 2.19. The Morgan fingerprint density at radius 3 is 2.59 bits per heavy atom. The highest BCUT2D eigenvalue weighted by Crippen LogP contribution is 2.37. The number of thiophene rings is 2. The summed E-state index contributed by atoms with van der Waals surface area (Å²) in [5, 5.41) is 5.34. The standard InChI is InChI=1S/C23H25NO3S2/c1-4-9-18-12-17(14-28-18)21(25)24-22-19(23(26)27-5-2)13-20(29-22)15(3)16-10-7-6-8-11-16/h6-8,10-15H,4-5,9H2,1-3H3,(H,24,25)/t15-/m1/s1. The minimum Gasteiger partial charge on any atom is -0.462 e. The number of benzene rings is 1. The smallest absolute Gasteiger partial charge is 0.341 e. The van der Waals surface area contributed by atoms with Crippen LogP contribution in [0.25, 0.3) is 0 Å². The molecule has 3 aromatic rings. The molecule has 1 aromatic carbocycles. The molecule has 1 amide bonds. The van der Waals surface area contributed by atoms with Gasteiger partial charge in [0.25, 0.3) is 5.91 Å². The number of rotatable bonds is 8. The molecule has 3 rings (SSSR count). The minimum atomic E-state index is -0.414. The molecule has 0 unspecified atom stereocenters. The molecule has 0 bridgehead atoms. The van der Waals surface area contributed by atoms with E-state index < -0.39 is 5.97 Å². The lowest BCUT2D eigenvalue weighted by molar-refractivity contribution is 0.0528. The Bertz CT molecular complexity index is 975.